The Morgan fingerprint density at radius 3 is 2.08 bits per heavy atom. The number of benzene rings is 2. The SMILES string of the molecule is [B]c1cc(C(C)c2cc(Br)c(OCC3CO3)c(Br)c2)cc(Br)c1OC. The minimum absolute atomic E-state index is 0.151. The first-order chi connectivity index (χ1) is 11.9. The van der Waals surface area contributed by atoms with Crippen LogP contribution in [0, 0.1) is 0 Å². The molecule has 2 radical (unpaired) electrons. The summed E-state index contributed by atoms with van der Waals surface area (Å²) in [5.74, 6) is 1.60. The van der Waals surface area contributed by atoms with Crippen molar-refractivity contribution in [2.45, 2.75) is 18.9 Å². The van der Waals surface area contributed by atoms with Gasteiger partial charge in [-0.1, -0.05) is 18.5 Å². The maximum absolute atomic E-state index is 6.10. The molecule has 0 spiro atoms. The third-order valence-corrected chi connectivity index (χ3v) is 5.90. The van der Waals surface area contributed by atoms with Crippen LogP contribution in [-0.4, -0.2) is 34.3 Å². The molecule has 1 aliphatic rings. The molecule has 0 N–H and O–H groups in total. The summed E-state index contributed by atoms with van der Waals surface area (Å²) in [5.41, 5.74) is 2.86. The Labute approximate surface area is 174 Å². The fraction of sp³-hybridized carbons (Fsp3) is 0.333. The van der Waals surface area contributed by atoms with Gasteiger partial charge in [-0.15, -0.1) is 0 Å². The summed E-state index contributed by atoms with van der Waals surface area (Å²) < 4.78 is 19.0. The molecule has 2 atom stereocenters. The van der Waals surface area contributed by atoms with Crippen LogP contribution in [0.2, 0.25) is 0 Å². The quantitative estimate of drug-likeness (QED) is 0.401. The molecule has 0 amide bonds. The lowest BCUT2D eigenvalue weighted by Gasteiger charge is -2.18. The first-order valence-electron chi connectivity index (χ1n) is 7.77. The third-order valence-electron chi connectivity index (χ3n) is 4.14. The Balaban J connectivity index is 1.88. The Kier molecular flexibility index (Phi) is 6.19. The number of hydrogen-bond donors (Lipinski definition) is 0. The molecule has 1 aliphatic heterocycles. The van der Waals surface area contributed by atoms with E-state index in [-0.39, 0.29) is 12.0 Å². The van der Waals surface area contributed by atoms with Crippen LogP contribution in [-0.2, 0) is 4.74 Å². The van der Waals surface area contributed by atoms with Crippen molar-refractivity contribution in [2.75, 3.05) is 20.3 Å². The molecular weight excluding hydrogens is 515 g/mol. The number of epoxide rings is 1. The summed E-state index contributed by atoms with van der Waals surface area (Å²) in [5, 5.41) is 0. The second-order valence-electron chi connectivity index (χ2n) is 5.93. The van der Waals surface area contributed by atoms with Gasteiger partial charge in [0.15, 0.2) is 0 Å². The Hall–Kier alpha value is -0.495. The molecule has 25 heavy (non-hydrogen) atoms. The van der Waals surface area contributed by atoms with Crippen molar-refractivity contribution in [1.82, 2.24) is 0 Å². The molecule has 0 aromatic heterocycles. The van der Waals surface area contributed by atoms with Gasteiger partial charge in [0.05, 0.1) is 27.1 Å². The summed E-state index contributed by atoms with van der Waals surface area (Å²) in [6, 6.07) is 8.14. The first kappa shape index (κ1) is 19.3. The van der Waals surface area contributed by atoms with Crippen LogP contribution in [0.1, 0.15) is 24.0 Å². The highest BCUT2D eigenvalue weighted by Gasteiger charge is 2.24. The molecule has 2 unspecified atom stereocenters. The normalized spacial score (nSPS) is 17.2. The lowest BCUT2D eigenvalue weighted by molar-refractivity contribution is 0.260. The second kappa shape index (κ2) is 8.03. The largest absolute Gasteiger partial charge is 0.496 e. The minimum atomic E-state index is 0.151. The van der Waals surface area contributed by atoms with E-state index in [9.17, 15) is 0 Å². The van der Waals surface area contributed by atoms with Gasteiger partial charge < -0.3 is 14.2 Å². The first-order valence-corrected chi connectivity index (χ1v) is 10.1. The number of rotatable bonds is 6. The van der Waals surface area contributed by atoms with Gasteiger partial charge in [0.1, 0.15) is 32.1 Å². The van der Waals surface area contributed by atoms with Gasteiger partial charge in [-0.2, -0.15) is 0 Å². The summed E-state index contributed by atoms with van der Waals surface area (Å²) in [7, 11) is 7.71. The number of halogens is 3. The number of methoxy groups -OCH3 is 1. The molecule has 2 aromatic carbocycles. The average Bonchev–Trinajstić information content (AvgIpc) is 3.37. The monoisotopic (exact) mass is 528 g/mol. The van der Waals surface area contributed by atoms with Gasteiger partial charge in [0.25, 0.3) is 0 Å². The van der Waals surface area contributed by atoms with Crippen molar-refractivity contribution >= 4 is 61.1 Å². The summed E-state index contributed by atoms with van der Waals surface area (Å²) in [4.78, 5) is 0. The van der Waals surface area contributed by atoms with Gasteiger partial charge in [0.2, 0.25) is 0 Å². The summed E-state index contributed by atoms with van der Waals surface area (Å²) in [6.45, 7) is 3.48. The van der Waals surface area contributed by atoms with Crippen molar-refractivity contribution in [3.05, 3.63) is 48.8 Å². The van der Waals surface area contributed by atoms with Crippen molar-refractivity contribution in [3.63, 3.8) is 0 Å². The number of hydrogen-bond acceptors (Lipinski definition) is 3. The Morgan fingerprint density at radius 1 is 1.08 bits per heavy atom. The lowest BCUT2D eigenvalue weighted by atomic mass is 9.87. The van der Waals surface area contributed by atoms with Gasteiger partial charge in [-0.3, -0.25) is 0 Å². The van der Waals surface area contributed by atoms with Crippen LogP contribution in [0.25, 0.3) is 0 Å². The molecule has 7 heteroatoms. The third kappa shape index (κ3) is 4.44. The molecule has 1 fully saturated rings. The maximum atomic E-state index is 6.10. The molecule has 0 saturated carbocycles. The lowest BCUT2D eigenvalue weighted by Crippen LogP contribution is -2.11. The number of ether oxygens (including phenoxy) is 3. The zero-order valence-corrected chi connectivity index (χ0v) is 18.6. The summed E-state index contributed by atoms with van der Waals surface area (Å²) >= 11 is 10.7. The highest BCUT2D eigenvalue weighted by molar-refractivity contribution is 9.11. The van der Waals surface area contributed by atoms with Gasteiger partial charge in [0, 0.05) is 5.92 Å². The van der Waals surface area contributed by atoms with E-state index < -0.39 is 0 Å². The van der Waals surface area contributed by atoms with Crippen molar-refractivity contribution in [1.29, 1.82) is 0 Å². The summed E-state index contributed by atoms with van der Waals surface area (Å²) in [6.07, 6.45) is 0.219. The van der Waals surface area contributed by atoms with Crippen molar-refractivity contribution in [3.8, 4) is 11.5 Å². The molecular formula is C18H16BBr3O3. The predicted octanol–water partition coefficient (Wildman–Crippen LogP) is 4.71. The van der Waals surface area contributed by atoms with E-state index >= 15 is 0 Å². The van der Waals surface area contributed by atoms with Gasteiger partial charge in [-0.25, -0.2) is 0 Å². The zero-order chi connectivity index (χ0) is 18.1. The van der Waals surface area contributed by atoms with Crippen molar-refractivity contribution < 1.29 is 14.2 Å². The molecule has 2 aromatic rings. The smallest absolute Gasteiger partial charge is 0.147 e. The average molecular weight is 531 g/mol. The fourth-order valence-corrected chi connectivity index (χ4v) is 4.71. The predicted molar refractivity (Wildman–Crippen MR) is 111 cm³/mol. The topological polar surface area (TPSA) is 31.0 Å². The Bertz CT molecular complexity index is 747. The van der Waals surface area contributed by atoms with Crippen LogP contribution < -0.4 is 14.9 Å². The maximum Gasteiger partial charge on any atom is 0.147 e. The van der Waals surface area contributed by atoms with Gasteiger partial charge >= 0.3 is 0 Å². The van der Waals surface area contributed by atoms with E-state index in [0.29, 0.717) is 17.8 Å². The van der Waals surface area contributed by atoms with E-state index in [1.54, 1.807) is 7.11 Å². The Morgan fingerprint density at radius 2 is 1.60 bits per heavy atom. The van der Waals surface area contributed by atoms with Crippen LogP contribution >= 0.6 is 47.8 Å². The van der Waals surface area contributed by atoms with E-state index in [0.717, 1.165) is 36.9 Å². The minimum Gasteiger partial charge on any atom is -0.496 e. The highest BCUT2D eigenvalue weighted by atomic mass is 79.9. The molecule has 0 bridgehead atoms. The van der Waals surface area contributed by atoms with E-state index in [2.05, 4.69) is 66.8 Å². The zero-order valence-electron chi connectivity index (χ0n) is 13.8. The van der Waals surface area contributed by atoms with Crippen LogP contribution in [0.5, 0.6) is 11.5 Å². The van der Waals surface area contributed by atoms with E-state index in [4.69, 9.17) is 22.1 Å². The van der Waals surface area contributed by atoms with E-state index in [1.165, 1.54) is 0 Å². The molecule has 3 nitrogen and oxygen atoms in total. The fourth-order valence-electron chi connectivity index (χ4n) is 2.60. The molecule has 1 saturated heterocycles. The molecule has 130 valence electrons. The van der Waals surface area contributed by atoms with Crippen LogP contribution in [0.3, 0.4) is 0 Å². The molecule has 0 aliphatic carbocycles. The van der Waals surface area contributed by atoms with Gasteiger partial charge in [-0.05, 0) is 77.1 Å². The second-order valence-corrected chi connectivity index (χ2v) is 8.49. The standard InChI is InChI=1S/C18H16BBr3O3/c1-9(10-3-13(19)17(23-2)14(20)4-10)11-5-15(21)18(16(22)6-11)25-8-12-7-24-12/h3-6,9,12H,7-8H2,1-2H3. The highest BCUT2D eigenvalue weighted by Crippen LogP contribution is 2.39. The van der Waals surface area contributed by atoms with E-state index in [1.807, 2.05) is 12.1 Å². The molecule has 3 rings (SSSR count). The van der Waals surface area contributed by atoms with Crippen LogP contribution in [0.4, 0.5) is 0 Å². The van der Waals surface area contributed by atoms with Crippen LogP contribution in [0.15, 0.2) is 37.7 Å². The van der Waals surface area contributed by atoms with Crippen molar-refractivity contribution in [2.24, 2.45) is 0 Å². The molecule has 1 heterocycles.